The van der Waals surface area contributed by atoms with E-state index in [0.717, 1.165) is 0 Å². The summed E-state index contributed by atoms with van der Waals surface area (Å²) < 4.78 is 0. The predicted molar refractivity (Wildman–Crippen MR) is 35.6 cm³/mol. The van der Waals surface area contributed by atoms with Crippen molar-refractivity contribution in [3.63, 3.8) is 0 Å². The zero-order valence-corrected chi connectivity index (χ0v) is 5.71. The Morgan fingerprint density at radius 2 is 2.20 bits per heavy atom. The van der Waals surface area contributed by atoms with Gasteiger partial charge in [0.25, 0.3) is 5.91 Å². The van der Waals surface area contributed by atoms with Gasteiger partial charge in [0.1, 0.15) is 12.0 Å². The second-order valence-corrected chi connectivity index (χ2v) is 1.35. The Hall–Kier alpha value is -1.23. The fourth-order valence-electron chi connectivity index (χ4n) is 0.366. The summed E-state index contributed by atoms with van der Waals surface area (Å²) in [4.78, 5) is 13.8. The fraction of sp³-hybridized carbons (Fsp3) is 0. The molecule has 0 saturated carbocycles. The van der Waals surface area contributed by atoms with Gasteiger partial charge in [-0.2, -0.15) is 5.10 Å². The molecule has 6 heteroatoms. The van der Waals surface area contributed by atoms with Crippen LogP contribution in [0.3, 0.4) is 0 Å². The summed E-state index contributed by atoms with van der Waals surface area (Å²) >= 11 is 0. The topological polar surface area (TPSA) is 81.8 Å². The third kappa shape index (κ3) is 1.94. The van der Waals surface area contributed by atoms with Crippen molar-refractivity contribution in [1.29, 1.82) is 0 Å². The van der Waals surface area contributed by atoms with Gasteiger partial charge in [0.05, 0.1) is 6.20 Å². The number of aromatic nitrogens is 3. The second kappa shape index (κ2) is 3.73. The summed E-state index contributed by atoms with van der Waals surface area (Å²) in [5.41, 5.74) is 4.97. The SMILES string of the molecule is Cl.NC(=O)c1cnncn1. The molecule has 0 aliphatic heterocycles. The predicted octanol–water partition coefficient (Wildman–Crippen LogP) is -0.608. The van der Waals surface area contributed by atoms with Crippen LogP contribution < -0.4 is 5.73 Å². The first-order valence-electron chi connectivity index (χ1n) is 2.23. The molecule has 0 spiro atoms. The van der Waals surface area contributed by atoms with Gasteiger partial charge in [-0.1, -0.05) is 0 Å². The van der Waals surface area contributed by atoms with Crippen LogP contribution in [0.4, 0.5) is 0 Å². The summed E-state index contributed by atoms with van der Waals surface area (Å²) in [6, 6.07) is 0. The third-order valence-electron chi connectivity index (χ3n) is 0.748. The van der Waals surface area contributed by atoms with Crippen molar-refractivity contribution in [3.8, 4) is 0 Å². The Bertz CT molecular complexity index is 214. The van der Waals surface area contributed by atoms with E-state index in [2.05, 4.69) is 15.2 Å². The fourth-order valence-corrected chi connectivity index (χ4v) is 0.366. The minimum atomic E-state index is -0.593. The number of amides is 1. The molecule has 0 fully saturated rings. The first-order chi connectivity index (χ1) is 4.30. The molecule has 0 atom stereocenters. The lowest BCUT2D eigenvalue weighted by atomic mass is 10.5. The number of primary amides is 1. The molecular formula is C4H5ClN4O. The van der Waals surface area contributed by atoms with Crippen LogP contribution in [0.15, 0.2) is 12.5 Å². The van der Waals surface area contributed by atoms with E-state index in [9.17, 15) is 4.79 Å². The van der Waals surface area contributed by atoms with Gasteiger partial charge in [-0.25, -0.2) is 4.98 Å². The van der Waals surface area contributed by atoms with E-state index in [0.29, 0.717) is 0 Å². The molecule has 1 aromatic rings. The molecular weight excluding hydrogens is 156 g/mol. The summed E-state index contributed by atoms with van der Waals surface area (Å²) in [5, 5.41) is 6.75. The van der Waals surface area contributed by atoms with E-state index in [1.165, 1.54) is 12.5 Å². The van der Waals surface area contributed by atoms with Gasteiger partial charge in [0.2, 0.25) is 0 Å². The molecule has 0 bridgehead atoms. The minimum absolute atomic E-state index is 0. The van der Waals surface area contributed by atoms with Gasteiger partial charge >= 0.3 is 0 Å². The van der Waals surface area contributed by atoms with E-state index in [1.54, 1.807) is 0 Å². The lowest BCUT2D eigenvalue weighted by molar-refractivity contribution is 0.0995. The highest BCUT2D eigenvalue weighted by atomic mass is 35.5. The van der Waals surface area contributed by atoms with Crippen LogP contribution in [-0.4, -0.2) is 21.1 Å². The molecule has 0 radical (unpaired) electrons. The molecule has 0 aliphatic rings. The lowest BCUT2D eigenvalue weighted by Crippen LogP contribution is -2.13. The van der Waals surface area contributed by atoms with Crippen molar-refractivity contribution in [2.24, 2.45) is 5.73 Å². The maximum atomic E-state index is 10.3. The molecule has 0 aliphatic carbocycles. The highest BCUT2D eigenvalue weighted by Gasteiger charge is 1.97. The highest BCUT2D eigenvalue weighted by molar-refractivity contribution is 5.90. The average Bonchev–Trinajstić information content (AvgIpc) is 1.90. The number of nitrogens with zero attached hydrogens (tertiary/aromatic N) is 3. The molecule has 0 unspecified atom stereocenters. The van der Waals surface area contributed by atoms with Crippen LogP contribution in [0.2, 0.25) is 0 Å². The monoisotopic (exact) mass is 160 g/mol. The molecule has 0 aromatic carbocycles. The van der Waals surface area contributed by atoms with E-state index >= 15 is 0 Å². The smallest absolute Gasteiger partial charge is 0.269 e. The first kappa shape index (κ1) is 8.77. The number of hydrogen-bond acceptors (Lipinski definition) is 4. The van der Waals surface area contributed by atoms with Crippen LogP contribution in [0.1, 0.15) is 10.5 Å². The standard InChI is InChI=1S/C4H4N4O.ClH/c5-4(9)3-1-7-8-2-6-3;/h1-2H,(H2,5,9);1H. The lowest BCUT2D eigenvalue weighted by Gasteiger charge is -1.86. The number of halogens is 1. The Kier molecular flexibility index (Phi) is 3.27. The second-order valence-electron chi connectivity index (χ2n) is 1.35. The van der Waals surface area contributed by atoms with E-state index in [-0.39, 0.29) is 18.1 Å². The molecule has 1 rings (SSSR count). The zero-order chi connectivity index (χ0) is 6.69. The van der Waals surface area contributed by atoms with Crippen molar-refractivity contribution >= 4 is 18.3 Å². The highest BCUT2D eigenvalue weighted by Crippen LogP contribution is 1.82. The van der Waals surface area contributed by atoms with E-state index < -0.39 is 5.91 Å². The minimum Gasteiger partial charge on any atom is -0.364 e. The maximum absolute atomic E-state index is 10.3. The molecule has 10 heavy (non-hydrogen) atoms. The molecule has 1 heterocycles. The van der Waals surface area contributed by atoms with Gasteiger partial charge in [0.15, 0.2) is 0 Å². The van der Waals surface area contributed by atoms with Crippen molar-refractivity contribution in [3.05, 3.63) is 18.2 Å². The van der Waals surface area contributed by atoms with E-state index in [4.69, 9.17) is 5.73 Å². The Morgan fingerprint density at radius 3 is 2.50 bits per heavy atom. The van der Waals surface area contributed by atoms with E-state index in [1.807, 2.05) is 0 Å². The summed E-state index contributed by atoms with van der Waals surface area (Å²) in [6.45, 7) is 0. The maximum Gasteiger partial charge on any atom is 0.269 e. The zero-order valence-electron chi connectivity index (χ0n) is 4.89. The summed E-state index contributed by atoms with van der Waals surface area (Å²) in [5.74, 6) is -0.593. The number of hydrogen-bond donors (Lipinski definition) is 1. The quantitative estimate of drug-likeness (QED) is 0.594. The van der Waals surface area contributed by atoms with Gasteiger partial charge in [-0.3, -0.25) is 4.79 Å². The Labute approximate surface area is 63.1 Å². The normalized spacial score (nSPS) is 8.00. The van der Waals surface area contributed by atoms with Crippen LogP contribution >= 0.6 is 12.4 Å². The van der Waals surface area contributed by atoms with Gasteiger partial charge in [-0.15, -0.1) is 17.5 Å². The molecule has 5 nitrogen and oxygen atoms in total. The van der Waals surface area contributed by atoms with Crippen LogP contribution in [0.5, 0.6) is 0 Å². The number of carbonyl (C=O) groups is 1. The largest absolute Gasteiger partial charge is 0.364 e. The number of carbonyl (C=O) groups excluding carboxylic acids is 1. The van der Waals surface area contributed by atoms with Crippen molar-refractivity contribution < 1.29 is 4.79 Å². The summed E-state index contributed by atoms with van der Waals surface area (Å²) in [7, 11) is 0. The molecule has 2 N–H and O–H groups in total. The summed E-state index contributed by atoms with van der Waals surface area (Å²) in [6.07, 6.45) is 2.38. The van der Waals surface area contributed by atoms with Gasteiger partial charge in [-0.05, 0) is 0 Å². The van der Waals surface area contributed by atoms with Crippen LogP contribution in [-0.2, 0) is 0 Å². The molecule has 54 valence electrons. The average molecular weight is 161 g/mol. The van der Waals surface area contributed by atoms with Gasteiger partial charge in [0, 0.05) is 0 Å². The van der Waals surface area contributed by atoms with Crippen molar-refractivity contribution in [1.82, 2.24) is 15.2 Å². The first-order valence-corrected chi connectivity index (χ1v) is 2.23. The Morgan fingerprint density at radius 1 is 1.50 bits per heavy atom. The molecule has 1 aromatic heterocycles. The molecule has 0 saturated heterocycles. The van der Waals surface area contributed by atoms with Crippen LogP contribution in [0.25, 0.3) is 0 Å². The van der Waals surface area contributed by atoms with Crippen molar-refractivity contribution in [2.75, 3.05) is 0 Å². The number of rotatable bonds is 1. The van der Waals surface area contributed by atoms with Gasteiger partial charge < -0.3 is 5.73 Å². The third-order valence-corrected chi connectivity index (χ3v) is 0.748. The van der Waals surface area contributed by atoms with Crippen LogP contribution in [0, 0.1) is 0 Å². The molecule has 1 amide bonds. The number of nitrogens with two attached hydrogens (primary N) is 1. The Balaban J connectivity index is 0.000000810. The van der Waals surface area contributed by atoms with Crippen molar-refractivity contribution in [2.45, 2.75) is 0 Å².